The first-order chi connectivity index (χ1) is 26.6. The third-order valence-corrected chi connectivity index (χ3v) is 9.87. The Balaban J connectivity index is 1.22. The minimum atomic E-state index is -1.24. The van der Waals surface area contributed by atoms with Crippen LogP contribution in [0.15, 0.2) is 71.7 Å². The van der Waals surface area contributed by atoms with Gasteiger partial charge in [0.15, 0.2) is 11.6 Å². The molecule has 3 aliphatic rings. The zero-order valence-corrected chi connectivity index (χ0v) is 32.2. The van der Waals surface area contributed by atoms with Crippen LogP contribution in [0.3, 0.4) is 0 Å². The van der Waals surface area contributed by atoms with Gasteiger partial charge in [0.05, 0.1) is 5.56 Å². The first-order valence-corrected chi connectivity index (χ1v) is 18.8. The van der Waals surface area contributed by atoms with Crippen molar-refractivity contribution < 1.29 is 38.2 Å². The Kier molecular flexibility index (Phi) is 11.5. The van der Waals surface area contributed by atoms with Crippen LogP contribution in [0.25, 0.3) is 0 Å². The van der Waals surface area contributed by atoms with Crippen LogP contribution in [0.2, 0.25) is 0 Å². The number of hydrazine groups is 1. The molecule has 56 heavy (non-hydrogen) atoms. The van der Waals surface area contributed by atoms with Crippen molar-refractivity contribution >= 4 is 41.2 Å². The topological polar surface area (TPSA) is 217 Å². The van der Waals surface area contributed by atoms with Crippen LogP contribution in [0.5, 0.6) is 11.5 Å². The lowest BCUT2D eigenvalue weighted by Crippen LogP contribution is -2.58. The summed E-state index contributed by atoms with van der Waals surface area (Å²) < 4.78 is 17.8. The molecule has 1 saturated heterocycles. The molecular weight excluding hydrogens is 718 g/mol. The fourth-order valence-electron chi connectivity index (χ4n) is 7.32. The summed E-state index contributed by atoms with van der Waals surface area (Å²) in [6.07, 6.45) is 1.82. The van der Waals surface area contributed by atoms with Gasteiger partial charge in [-0.1, -0.05) is 50.2 Å². The van der Waals surface area contributed by atoms with Gasteiger partial charge in [-0.25, -0.2) is 20.0 Å². The molecule has 1 fully saturated rings. The number of fused-ring (bicyclic) bond motifs is 6. The molecule has 4 atom stereocenters. The lowest BCUT2D eigenvalue weighted by molar-refractivity contribution is -0.164. The number of nitrogens with zero attached hydrogens (tertiary/aromatic N) is 2. The Morgan fingerprint density at radius 2 is 1.68 bits per heavy atom. The molecule has 3 heterocycles. The maximum atomic E-state index is 14.1. The summed E-state index contributed by atoms with van der Waals surface area (Å²) in [6.45, 7) is 9.17. The van der Waals surface area contributed by atoms with E-state index in [9.17, 15) is 24.0 Å². The summed E-state index contributed by atoms with van der Waals surface area (Å²) in [5, 5.41) is 7.44. The van der Waals surface area contributed by atoms with E-state index in [2.05, 4.69) is 21.1 Å². The molecule has 15 nitrogen and oxygen atoms in total. The van der Waals surface area contributed by atoms with Crippen LogP contribution in [0.4, 0.5) is 5.69 Å². The number of carbonyl (C=O) groups excluding carboxylic acids is 5. The van der Waals surface area contributed by atoms with Gasteiger partial charge in [0.1, 0.15) is 35.2 Å². The molecule has 0 radical (unpaired) electrons. The van der Waals surface area contributed by atoms with E-state index < -0.39 is 64.8 Å². The van der Waals surface area contributed by atoms with E-state index in [1.54, 1.807) is 76.0 Å². The van der Waals surface area contributed by atoms with Crippen molar-refractivity contribution in [1.29, 1.82) is 0 Å². The smallest absolute Gasteiger partial charge is 0.377 e. The second-order valence-electron chi connectivity index (χ2n) is 15.5. The van der Waals surface area contributed by atoms with Gasteiger partial charge in [-0.15, -0.1) is 0 Å². The molecule has 3 aromatic rings. The van der Waals surface area contributed by atoms with Crippen LogP contribution in [0, 0.1) is 5.92 Å². The first-order valence-electron chi connectivity index (χ1n) is 18.8. The van der Waals surface area contributed by atoms with Crippen LogP contribution in [0.1, 0.15) is 87.4 Å². The minimum absolute atomic E-state index is 0.0696. The fraction of sp³-hybridized carbons (Fsp3) is 0.415. The third kappa shape index (κ3) is 8.23. The Labute approximate surface area is 325 Å². The van der Waals surface area contributed by atoms with E-state index in [0.717, 1.165) is 0 Å². The van der Waals surface area contributed by atoms with E-state index in [1.165, 1.54) is 0 Å². The van der Waals surface area contributed by atoms with Crippen molar-refractivity contribution in [3.63, 3.8) is 0 Å². The number of guanidine groups is 1. The molecule has 296 valence electrons. The Hall–Kier alpha value is -5.80. The first kappa shape index (κ1) is 39.9. The van der Waals surface area contributed by atoms with Gasteiger partial charge in [0.2, 0.25) is 11.8 Å². The summed E-state index contributed by atoms with van der Waals surface area (Å²) in [4.78, 5) is 70.7. The number of hydrogen-bond donors (Lipinski definition) is 5. The number of aliphatic imine (C=N–C) groups is 1. The molecule has 7 N–H and O–H groups in total. The monoisotopic (exact) mass is 767 g/mol. The van der Waals surface area contributed by atoms with Crippen molar-refractivity contribution in [3.05, 3.63) is 89.0 Å². The van der Waals surface area contributed by atoms with Gasteiger partial charge < -0.3 is 36.3 Å². The largest absolute Gasteiger partial charge is 0.456 e. The summed E-state index contributed by atoms with van der Waals surface area (Å²) in [5.41, 5.74) is 15.1. The van der Waals surface area contributed by atoms with E-state index >= 15 is 0 Å². The molecule has 3 aliphatic heterocycles. The molecule has 2 unspecified atom stereocenters. The number of amides is 2. The van der Waals surface area contributed by atoms with Gasteiger partial charge in [-0.05, 0) is 76.6 Å². The molecule has 15 heteroatoms. The SMILES string of the molecule is CC(C)[C@H](NC(=O)[C@@H]1CCCN1NC(CCCN=C(N)N)C(=O)Nc1ccc2c(c1)Oc1ccccc1C21OC(=O)c2ccccc21)C(=O)C(=O)OC(C)(C)C. The number of nitrogens with one attached hydrogen (secondary N) is 3. The highest BCUT2D eigenvalue weighted by atomic mass is 16.6. The second kappa shape index (κ2) is 16.1. The fourth-order valence-corrected chi connectivity index (χ4v) is 7.32. The van der Waals surface area contributed by atoms with Gasteiger partial charge in [0, 0.05) is 41.5 Å². The number of anilines is 1. The van der Waals surface area contributed by atoms with Gasteiger partial charge in [-0.3, -0.25) is 19.4 Å². The van der Waals surface area contributed by atoms with Gasteiger partial charge >= 0.3 is 11.9 Å². The minimum Gasteiger partial charge on any atom is -0.456 e. The molecule has 0 aromatic heterocycles. The van der Waals surface area contributed by atoms with Crippen LogP contribution in [-0.2, 0) is 34.3 Å². The lowest BCUT2D eigenvalue weighted by atomic mass is 9.77. The van der Waals surface area contributed by atoms with Crippen molar-refractivity contribution in [2.75, 3.05) is 18.4 Å². The molecular formula is C41H49N7O8. The highest BCUT2D eigenvalue weighted by Crippen LogP contribution is 2.56. The number of rotatable bonds is 13. The highest BCUT2D eigenvalue weighted by Gasteiger charge is 2.53. The molecule has 6 rings (SSSR count). The van der Waals surface area contributed by atoms with E-state index in [0.29, 0.717) is 71.7 Å². The van der Waals surface area contributed by atoms with E-state index in [-0.39, 0.29) is 12.5 Å². The summed E-state index contributed by atoms with van der Waals surface area (Å²) in [7, 11) is 0. The number of ketones is 1. The Morgan fingerprint density at radius 3 is 2.39 bits per heavy atom. The van der Waals surface area contributed by atoms with Crippen molar-refractivity contribution in [3.8, 4) is 11.5 Å². The third-order valence-electron chi connectivity index (χ3n) is 9.87. The lowest BCUT2D eigenvalue weighted by Gasteiger charge is -2.36. The maximum Gasteiger partial charge on any atom is 0.377 e. The van der Waals surface area contributed by atoms with E-state index in [4.69, 9.17) is 25.7 Å². The average molecular weight is 768 g/mol. The van der Waals surface area contributed by atoms with E-state index in [1.807, 2.05) is 30.3 Å². The van der Waals surface area contributed by atoms with Gasteiger partial charge in [-0.2, -0.15) is 0 Å². The zero-order chi connectivity index (χ0) is 40.4. The predicted octanol–water partition coefficient (Wildman–Crippen LogP) is 3.64. The predicted molar refractivity (Wildman–Crippen MR) is 208 cm³/mol. The number of nitrogens with two attached hydrogens (primary N) is 2. The number of hydrogen-bond acceptors (Lipinski definition) is 11. The normalized spacial score (nSPS) is 19.5. The molecule has 2 amide bonds. The van der Waals surface area contributed by atoms with Crippen LogP contribution >= 0.6 is 0 Å². The number of Topliss-reactive ketones (excluding diaryl/α,β-unsaturated/α-hetero) is 1. The molecule has 1 spiro atoms. The summed E-state index contributed by atoms with van der Waals surface area (Å²) in [5.74, 6) is -2.70. The summed E-state index contributed by atoms with van der Waals surface area (Å²) >= 11 is 0. The second-order valence-corrected chi connectivity index (χ2v) is 15.5. The molecule has 0 aliphatic carbocycles. The number of ether oxygens (including phenoxy) is 3. The standard InChI is InChI=1S/C41H49N7O8/c1-23(2)33(34(49)38(53)55-40(3,4)5)46-36(51)30-16-11-21-48(30)47-29(15-10-20-44-39(42)43)35(50)45-24-18-19-28-32(22-24)54-31-17-9-8-14-27(31)41(28)26-13-7-6-12-25(26)37(52)56-41/h6-9,12-14,17-19,22-23,29-30,33,47H,10-11,15-16,20-21H2,1-5H3,(H,45,50)(H,46,51)(H4,42,43,44)/t29?,30-,33-,41?/m0/s1. The maximum absolute atomic E-state index is 14.1. The van der Waals surface area contributed by atoms with Gasteiger partial charge in [0.25, 0.3) is 5.78 Å². The summed E-state index contributed by atoms with van der Waals surface area (Å²) in [6, 6.07) is 17.1. The van der Waals surface area contributed by atoms with Crippen molar-refractivity contribution in [2.45, 2.75) is 89.6 Å². The quantitative estimate of drug-likeness (QED) is 0.0554. The van der Waals surface area contributed by atoms with Crippen LogP contribution in [-0.4, -0.2) is 77.3 Å². The number of benzene rings is 3. The zero-order valence-electron chi connectivity index (χ0n) is 32.2. The number of carbonyl (C=O) groups is 5. The number of para-hydroxylation sites is 1. The van der Waals surface area contributed by atoms with Crippen molar-refractivity contribution in [1.82, 2.24) is 15.8 Å². The molecule has 3 aromatic carbocycles. The Morgan fingerprint density at radius 1 is 0.982 bits per heavy atom. The molecule has 0 bridgehead atoms. The van der Waals surface area contributed by atoms with Crippen LogP contribution < -0.4 is 32.3 Å². The molecule has 0 saturated carbocycles. The van der Waals surface area contributed by atoms with Crippen molar-refractivity contribution in [2.24, 2.45) is 22.4 Å². The highest BCUT2D eigenvalue weighted by molar-refractivity contribution is 6.36. The number of esters is 2. The Bertz CT molecular complexity index is 2060. The average Bonchev–Trinajstić information content (AvgIpc) is 3.73.